The van der Waals surface area contributed by atoms with E-state index in [9.17, 15) is 4.79 Å². The Bertz CT molecular complexity index is 276. The van der Waals surface area contributed by atoms with Gasteiger partial charge in [0, 0.05) is 7.11 Å². The first-order chi connectivity index (χ1) is 8.37. The van der Waals surface area contributed by atoms with E-state index < -0.39 is 11.7 Å². The molecular weight excluding hydrogens is 238 g/mol. The van der Waals surface area contributed by atoms with Crippen LogP contribution in [0, 0.1) is 0 Å². The second kappa shape index (κ2) is 6.36. The van der Waals surface area contributed by atoms with Crippen molar-refractivity contribution in [2.75, 3.05) is 33.5 Å². The summed E-state index contributed by atoms with van der Waals surface area (Å²) in [5.74, 6) is 0. The van der Waals surface area contributed by atoms with Crippen molar-refractivity contribution in [2.24, 2.45) is 0 Å². The monoisotopic (exact) mass is 261 g/mol. The summed E-state index contributed by atoms with van der Waals surface area (Å²) in [6.45, 7) is 6.40. The molecule has 6 heteroatoms. The van der Waals surface area contributed by atoms with Crippen LogP contribution in [0.1, 0.15) is 20.8 Å². The molecule has 0 saturated carbocycles. The van der Waals surface area contributed by atoms with Gasteiger partial charge in [0.25, 0.3) is 0 Å². The largest absolute Gasteiger partial charge is 0.444 e. The average molecular weight is 261 g/mol. The quantitative estimate of drug-likeness (QED) is 0.807. The van der Waals surface area contributed by atoms with Crippen LogP contribution in [0.4, 0.5) is 4.79 Å². The van der Waals surface area contributed by atoms with Gasteiger partial charge < -0.3 is 19.3 Å². The number of hydrogen-bond donors (Lipinski definition) is 1. The van der Waals surface area contributed by atoms with Gasteiger partial charge in [-0.25, -0.2) is 4.79 Å². The zero-order valence-corrected chi connectivity index (χ0v) is 11.5. The number of hydrogen-bond acceptors (Lipinski definition) is 5. The minimum absolute atomic E-state index is 0.112. The van der Waals surface area contributed by atoms with Crippen LogP contribution in [-0.4, -0.2) is 67.3 Å². The van der Waals surface area contributed by atoms with Crippen LogP contribution in [0.2, 0.25) is 0 Å². The molecular formula is C12H23NO5. The Hall–Kier alpha value is -0.850. The zero-order valence-electron chi connectivity index (χ0n) is 11.5. The molecule has 1 fully saturated rings. The van der Waals surface area contributed by atoms with Crippen LogP contribution in [0.5, 0.6) is 0 Å². The lowest BCUT2D eigenvalue weighted by Gasteiger charge is -2.39. The van der Waals surface area contributed by atoms with E-state index in [2.05, 4.69) is 0 Å². The number of carbonyl (C=O) groups is 1. The second-order valence-corrected chi connectivity index (χ2v) is 5.38. The van der Waals surface area contributed by atoms with Gasteiger partial charge in [-0.1, -0.05) is 0 Å². The number of aliphatic hydroxyl groups is 1. The molecule has 0 aliphatic carbocycles. The standard InChI is InChI=1S/C12H23NO5/c1-12(2,3)18-11(15)13-5-10(6-14)17-8-9(13)7-16-4/h9-10,14H,5-8H2,1-4H3/t9-,10+/m0/s1. The molecule has 0 spiro atoms. The minimum atomic E-state index is -0.540. The zero-order chi connectivity index (χ0) is 13.8. The fourth-order valence-electron chi connectivity index (χ4n) is 1.74. The number of carbonyl (C=O) groups excluding carboxylic acids is 1. The molecule has 1 rings (SSSR count). The summed E-state index contributed by atoms with van der Waals surface area (Å²) in [5.41, 5.74) is -0.540. The van der Waals surface area contributed by atoms with E-state index in [1.807, 2.05) is 20.8 Å². The molecule has 1 saturated heterocycles. The van der Waals surface area contributed by atoms with Gasteiger partial charge in [-0.2, -0.15) is 0 Å². The number of ether oxygens (including phenoxy) is 3. The lowest BCUT2D eigenvalue weighted by Crippen LogP contribution is -2.55. The van der Waals surface area contributed by atoms with Gasteiger partial charge in [0.15, 0.2) is 0 Å². The van der Waals surface area contributed by atoms with Crippen molar-refractivity contribution in [3.05, 3.63) is 0 Å². The first-order valence-electron chi connectivity index (χ1n) is 6.08. The molecule has 0 aromatic heterocycles. The average Bonchev–Trinajstić information content (AvgIpc) is 2.27. The fourth-order valence-corrected chi connectivity index (χ4v) is 1.74. The van der Waals surface area contributed by atoms with Crippen LogP contribution in [0.15, 0.2) is 0 Å². The summed E-state index contributed by atoms with van der Waals surface area (Å²) in [5, 5.41) is 9.10. The lowest BCUT2D eigenvalue weighted by atomic mass is 10.2. The molecule has 2 atom stereocenters. The van der Waals surface area contributed by atoms with Gasteiger partial charge in [-0.3, -0.25) is 4.90 Å². The number of rotatable bonds is 3. The molecule has 0 aromatic carbocycles. The second-order valence-electron chi connectivity index (χ2n) is 5.38. The molecule has 6 nitrogen and oxygen atoms in total. The molecule has 1 aliphatic rings. The van der Waals surface area contributed by atoms with Crippen LogP contribution < -0.4 is 0 Å². The van der Waals surface area contributed by atoms with Gasteiger partial charge in [0.05, 0.1) is 38.5 Å². The van der Waals surface area contributed by atoms with E-state index >= 15 is 0 Å². The molecule has 0 radical (unpaired) electrons. The highest BCUT2D eigenvalue weighted by molar-refractivity contribution is 5.68. The smallest absolute Gasteiger partial charge is 0.410 e. The van der Waals surface area contributed by atoms with Gasteiger partial charge in [0.2, 0.25) is 0 Å². The van der Waals surface area contributed by atoms with E-state index in [0.717, 1.165) is 0 Å². The van der Waals surface area contributed by atoms with Crippen molar-refractivity contribution in [3.63, 3.8) is 0 Å². The summed E-state index contributed by atoms with van der Waals surface area (Å²) < 4.78 is 15.8. The van der Waals surface area contributed by atoms with Crippen LogP contribution in [0.25, 0.3) is 0 Å². The summed E-state index contributed by atoms with van der Waals surface area (Å²) in [6.07, 6.45) is -0.753. The summed E-state index contributed by atoms with van der Waals surface area (Å²) >= 11 is 0. The van der Waals surface area contributed by atoms with Gasteiger partial charge >= 0.3 is 6.09 Å². The van der Waals surface area contributed by atoms with Crippen molar-refractivity contribution in [2.45, 2.75) is 38.5 Å². The first kappa shape index (κ1) is 15.2. The molecule has 18 heavy (non-hydrogen) atoms. The normalized spacial score (nSPS) is 25.1. The summed E-state index contributed by atoms with van der Waals surface area (Å²) in [4.78, 5) is 13.6. The predicted octanol–water partition coefficient (Wildman–Crippen LogP) is 0.630. The van der Waals surface area contributed by atoms with E-state index in [1.54, 1.807) is 12.0 Å². The van der Waals surface area contributed by atoms with E-state index in [1.165, 1.54) is 0 Å². The number of morpholine rings is 1. The molecule has 0 unspecified atom stereocenters. The minimum Gasteiger partial charge on any atom is -0.444 e. The Kier molecular flexibility index (Phi) is 5.37. The van der Waals surface area contributed by atoms with E-state index in [4.69, 9.17) is 19.3 Å². The number of nitrogens with zero attached hydrogens (tertiary/aromatic N) is 1. The highest BCUT2D eigenvalue weighted by Gasteiger charge is 2.34. The Balaban J connectivity index is 2.68. The lowest BCUT2D eigenvalue weighted by molar-refractivity contribution is -0.0967. The Morgan fingerprint density at radius 2 is 2.17 bits per heavy atom. The maximum absolute atomic E-state index is 12.1. The van der Waals surface area contributed by atoms with Gasteiger partial charge in [-0.15, -0.1) is 0 Å². The number of amides is 1. The van der Waals surface area contributed by atoms with Crippen LogP contribution in [-0.2, 0) is 14.2 Å². The van der Waals surface area contributed by atoms with Crippen molar-refractivity contribution >= 4 is 6.09 Å². The maximum atomic E-state index is 12.1. The highest BCUT2D eigenvalue weighted by Crippen LogP contribution is 2.17. The summed E-state index contributed by atoms with van der Waals surface area (Å²) in [7, 11) is 1.57. The van der Waals surface area contributed by atoms with Crippen molar-refractivity contribution < 1.29 is 24.1 Å². The van der Waals surface area contributed by atoms with E-state index in [0.29, 0.717) is 19.8 Å². The fraction of sp³-hybridized carbons (Fsp3) is 0.917. The van der Waals surface area contributed by atoms with Crippen LogP contribution in [0.3, 0.4) is 0 Å². The molecule has 0 bridgehead atoms. The Labute approximate surface area is 108 Å². The van der Waals surface area contributed by atoms with Crippen molar-refractivity contribution in [1.82, 2.24) is 4.90 Å². The van der Waals surface area contributed by atoms with Crippen LogP contribution >= 0.6 is 0 Å². The Morgan fingerprint density at radius 1 is 1.50 bits per heavy atom. The molecule has 0 aromatic rings. The topological polar surface area (TPSA) is 68.2 Å². The molecule has 106 valence electrons. The number of aliphatic hydroxyl groups excluding tert-OH is 1. The van der Waals surface area contributed by atoms with E-state index in [-0.39, 0.29) is 18.8 Å². The Morgan fingerprint density at radius 3 is 2.67 bits per heavy atom. The molecule has 1 amide bonds. The summed E-state index contributed by atoms with van der Waals surface area (Å²) in [6, 6.07) is -0.173. The van der Waals surface area contributed by atoms with Gasteiger partial charge in [-0.05, 0) is 20.8 Å². The first-order valence-corrected chi connectivity index (χ1v) is 6.08. The van der Waals surface area contributed by atoms with Crippen molar-refractivity contribution in [1.29, 1.82) is 0 Å². The highest BCUT2D eigenvalue weighted by atomic mass is 16.6. The molecule has 1 heterocycles. The third-order valence-corrected chi connectivity index (χ3v) is 2.56. The van der Waals surface area contributed by atoms with Gasteiger partial charge in [0.1, 0.15) is 5.60 Å². The molecule has 1 N–H and O–H groups in total. The predicted molar refractivity (Wildman–Crippen MR) is 65.4 cm³/mol. The van der Waals surface area contributed by atoms with Crippen molar-refractivity contribution in [3.8, 4) is 0 Å². The third kappa shape index (κ3) is 4.44. The maximum Gasteiger partial charge on any atom is 0.410 e. The molecule has 1 aliphatic heterocycles. The SMILES string of the molecule is COC[C@H]1CO[C@@H](CO)CN1C(=O)OC(C)(C)C. The third-order valence-electron chi connectivity index (χ3n) is 2.56. The number of methoxy groups -OCH3 is 1.